The second-order valence-corrected chi connectivity index (χ2v) is 5.84. The lowest BCUT2D eigenvalue weighted by Crippen LogP contribution is -2.48. The van der Waals surface area contributed by atoms with Gasteiger partial charge in [0.05, 0.1) is 12.1 Å². The van der Waals surface area contributed by atoms with Crippen LogP contribution in [0.25, 0.3) is 0 Å². The minimum Gasteiger partial charge on any atom is -0.392 e. The Morgan fingerprint density at radius 1 is 1.35 bits per heavy atom. The molecule has 2 aliphatic rings. The number of hydrogen-bond acceptors (Lipinski definition) is 3. The smallest absolute Gasteiger partial charge is 0.239 e. The number of halogens is 1. The Hall–Kier alpha value is -0.320. The number of nitrogens with zero attached hydrogens (tertiary/aromatic N) is 1. The predicted molar refractivity (Wildman–Crippen MR) is 69.3 cm³/mol. The number of hydrogen-bond donors (Lipinski definition) is 2. The first-order valence-corrected chi connectivity index (χ1v) is 6.18. The number of nitrogens with one attached hydrogen (secondary N) is 1. The highest BCUT2D eigenvalue weighted by Gasteiger charge is 2.34. The number of β-amino-alcohol motifs (C(OH)–C–C–N with tert-alkyl or cyclic N) is 1. The zero-order valence-corrected chi connectivity index (χ0v) is 11.4. The minimum atomic E-state index is -0.352. The topological polar surface area (TPSA) is 52.6 Å². The molecule has 0 aromatic rings. The average Bonchev–Trinajstić information content (AvgIpc) is 2.64. The Bertz CT molecular complexity index is 274. The lowest BCUT2D eigenvalue weighted by molar-refractivity contribution is -0.135. The quantitative estimate of drug-likeness (QED) is 0.734. The summed E-state index contributed by atoms with van der Waals surface area (Å²) in [6.07, 6.45) is 2.37. The molecule has 0 saturated carbocycles. The molecule has 2 N–H and O–H groups in total. The maximum absolute atomic E-state index is 12.1. The third-order valence-electron chi connectivity index (χ3n) is 3.83. The fourth-order valence-electron chi connectivity index (χ4n) is 2.46. The zero-order chi connectivity index (χ0) is 11.8. The normalized spacial score (nSPS) is 32.1. The lowest BCUT2D eigenvalue weighted by Gasteiger charge is -2.37. The molecule has 0 aromatic carbocycles. The first kappa shape index (κ1) is 14.7. The molecular weight excluding hydrogens is 240 g/mol. The standard InChI is InChI=1S/C12H22N2O2.ClH/c1-12(2)3-5-14(6-4-12)11(16)10-7-9(15)8-13-10;/h9-10,13,15H,3-8H2,1-2H3;1H. The van der Waals surface area contributed by atoms with Crippen LogP contribution >= 0.6 is 12.4 Å². The summed E-state index contributed by atoms with van der Waals surface area (Å²) in [5.41, 5.74) is 0.374. The van der Waals surface area contributed by atoms with Crippen LogP contribution in [-0.2, 0) is 4.79 Å². The molecule has 2 fully saturated rings. The highest BCUT2D eigenvalue weighted by molar-refractivity contribution is 5.85. The second-order valence-electron chi connectivity index (χ2n) is 5.84. The van der Waals surface area contributed by atoms with Crippen molar-refractivity contribution in [3.8, 4) is 0 Å². The molecule has 2 heterocycles. The van der Waals surface area contributed by atoms with Crippen LogP contribution in [0.5, 0.6) is 0 Å². The summed E-state index contributed by atoms with van der Waals surface area (Å²) >= 11 is 0. The van der Waals surface area contributed by atoms with Gasteiger partial charge in [0.2, 0.25) is 5.91 Å². The van der Waals surface area contributed by atoms with E-state index < -0.39 is 0 Å². The number of amides is 1. The molecule has 0 aromatic heterocycles. The molecule has 17 heavy (non-hydrogen) atoms. The van der Waals surface area contributed by atoms with Crippen LogP contribution in [0.4, 0.5) is 0 Å². The van der Waals surface area contributed by atoms with Gasteiger partial charge in [-0.3, -0.25) is 4.79 Å². The van der Waals surface area contributed by atoms with E-state index in [1.54, 1.807) is 0 Å². The van der Waals surface area contributed by atoms with Crippen molar-refractivity contribution in [1.82, 2.24) is 10.2 Å². The lowest BCUT2D eigenvalue weighted by atomic mass is 9.82. The molecular formula is C12H23ClN2O2. The van der Waals surface area contributed by atoms with Crippen molar-refractivity contribution in [2.24, 2.45) is 5.41 Å². The number of aliphatic hydroxyl groups excluding tert-OH is 1. The van der Waals surface area contributed by atoms with Crippen molar-refractivity contribution in [2.75, 3.05) is 19.6 Å². The van der Waals surface area contributed by atoms with Crippen molar-refractivity contribution in [3.63, 3.8) is 0 Å². The molecule has 2 rings (SSSR count). The Kier molecular flexibility index (Phi) is 4.81. The van der Waals surface area contributed by atoms with E-state index in [0.717, 1.165) is 25.9 Å². The summed E-state index contributed by atoms with van der Waals surface area (Å²) < 4.78 is 0. The van der Waals surface area contributed by atoms with Crippen LogP contribution < -0.4 is 5.32 Å². The molecule has 0 bridgehead atoms. The molecule has 5 heteroatoms. The third kappa shape index (κ3) is 3.57. The van der Waals surface area contributed by atoms with Crippen molar-refractivity contribution in [3.05, 3.63) is 0 Å². The van der Waals surface area contributed by atoms with E-state index in [9.17, 15) is 9.90 Å². The number of carbonyl (C=O) groups excluding carboxylic acids is 1. The molecule has 4 nitrogen and oxygen atoms in total. The molecule has 2 saturated heterocycles. The van der Waals surface area contributed by atoms with Crippen LogP contribution in [0, 0.1) is 5.41 Å². The van der Waals surface area contributed by atoms with Crippen LogP contribution in [0.15, 0.2) is 0 Å². The van der Waals surface area contributed by atoms with Gasteiger partial charge in [-0.1, -0.05) is 13.8 Å². The van der Waals surface area contributed by atoms with Gasteiger partial charge in [-0.15, -0.1) is 12.4 Å². The minimum absolute atomic E-state index is 0. The molecule has 0 spiro atoms. The highest BCUT2D eigenvalue weighted by Crippen LogP contribution is 2.30. The van der Waals surface area contributed by atoms with E-state index in [2.05, 4.69) is 19.2 Å². The Labute approximate surface area is 109 Å². The summed E-state index contributed by atoms with van der Waals surface area (Å²) in [5.74, 6) is 0.173. The van der Waals surface area contributed by atoms with Crippen molar-refractivity contribution in [1.29, 1.82) is 0 Å². The Morgan fingerprint density at radius 3 is 2.41 bits per heavy atom. The molecule has 1 amide bonds. The van der Waals surface area contributed by atoms with Gasteiger partial charge >= 0.3 is 0 Å². The fourth-order valence-corrected chi connectivity index (χ4v) is 2.46. The van der Waals surface area contributed by atoms with Gasteiger partial charge in [-0.2, -0.15) is 0 Å². The van der Waals surface area contributed by atoms with Gasteiger partial charge in [-0.05, 0) is 24.7 Å². The summed E-state index contributed by atoms with van der Waals surface area (Å²) in [7, 11) is 0. The van der Waals surface area contributed by atoms with E-state index in [4.69, 9.17) is 0 Å². The van der Waals surface area contributed by atoms with Crippen LogP contribution in [0.2, 0.25) is 0 Å². The number of likely N-dealkylation sites (tertiary alicyclic amines) is 1. The molecule has 2 aliphatic heterocycles. The SMILES string of the molecule is CC1(C)CCN(C(=O)C2CC(O)CN2)CC1.Cl. The molecule has 2 unspecified atom stereocenters. The average molecular weight is 263 g/mol. The largest absolute Gasteiger partial charge is 0.392 e. The van der Waals surface area contributed by atoms with E-state index >= 15 is 0 Å². The van der Waals surface area contributed by atoms with Gasteiger partial charge in [0.25, 0.3) is 0 Å². The predicted octanol–water partition coefficient (Wildman–Crippen LogP) is 0.780. The summed E-state index contributed by atoms with van der Waals surface area (Å²) in [5, 5.41) is 12.5. The van der Waals surface area contributed by atoms with E-state index in [0.29, 0.717) is 18.4 Å². The van der Waals surface area contributed by atoms with Crippen LogP contribution in [0.3, 0.4) is 0 Å². The molecule has 0 aliphatic carbocycles. The Balaban J connectivity index is 0.00000144. The van der Waals surface area contributed by atoms with E-state index in [-0.39, 0.29) is 30.5 Å². The Morgan fingerprint density at radius 2 is 1.94 bits per heavy atom. The highest BCUT2D eigenvalue weighted by atomic mass is 35.5. The third-order valence-corrected chi connectivity index (χ3v) is 3.83. The maximum Gasteiger partial charge on any atom is 0.239 e. The van der Waals surface area contributed by atoms with Gasteiger partial charge < -0.3 is 15.3 Å². The first-order valence-electron chi connectivity index (χ1n) is 6.18. The summed E-state index contributed by atoms with van der Waals surface area (Å²) in [4.78, 5) is 14.1. The zero-order valence-electron chi connectivity index (χ0n) is 10.6. The van der Waals surface area contributed by atoms with Gasteiger partial charge in [-0.25, -0.2) is 0 Å². The van der Waals surface area contributed by atoms with Crippen molar-refractivity contribution in [2.45, 2.75) is 45.3 Å². The maximum atomic E-state index is 12.1. The van der Waals surface area contributed by atoms with Crippen molar-refractivity contribution < 1.29 is 9.90 Å². The van der Waals surface area contributed by atoms with Crippen LogP contribution in [0.1, 0.15) is 33.1 Å². The van der Waals surface area contributed by atoms with Crippen molar-refractivity contribution >= 4 is 18.3 Å². The molecule has 100 valence electrons. The van der Waals surface area contributed by atoms with Gasteiger partial charge in [0.15, 0.2) is 0 Å². The second kappa shape index (κ2) is 5.55. The van der Waals surface area contributed by atoms with Gasteiger partial charge in [0.1, 0.15) is 0 Å². The molecule has 2 atom stereocenters. The monoisotopic (exact) mass is 262 g/mol. The number of rotatable bonds is 1. The summed E-state index contributed by atoms with van der Waals surface area (Å²) in [6, 6.07) is -0.156. The van der Waals surface area contributed by atoms with E-state index in [1.165, 1.54) is 0 Å². The number of aliphatic hydroxyl groups is 1. The van der Waals surface area contributed by atoms with E-state index in [1.807, 2.05) is 4.90 Å². The van der Waals surface area contributed by atoms with Crippen LogP contribution in [-0.4, -0.2) is 47.7 Å². The van der Waals surface area contributed by atoms with Gasteiger partial charge in [0, 0.05) is 19.6 Å². The summed E-state index contributed by atoms with van der Waals surface area (Å²) in [6.45, 7) is 6.79. The molecule has 0 radical (unpaired) electrons. The first-order chi connectivity index (χ1) is 7.48. The number of piperidine rings is 1. The number of carbonyl (C=O) groups is 1. The fraction of sp³-hybridized carbons (Fsp3) is 0.917.